The van der Waals surface area contributed by atoms with Crippen molar-refractivity contribution in [2.45, 2.75) is 26.1 Å². The summed E-state index contributed by atoms with van der Waals surface area (Å²) in [5.41, 5.74) is 1.92. The van der Waals surface area contributed by atoms with Crippen LogP contribution in [0.3, 0.4) is 0 Å². The second kappa shape index (κ2) is 4.22. The molecule has 1 unspecified atom stereocenters. The highest BCUT2D eigenvalue weighted by Crippen LogP contribution is 2.39. The van der Waals surface area contributed by atoms with Crippen LogP contribution in [0.15, 0.2) is 16.9 Å². The minimum absolute atomic E-state index is 0.0613. The fourth-order valence-electron chi connectivity index (χ4n) is 2.31. The zero-order valence-electron chi connectivity index (χ0n) is 9.61. The van der Waals surface area contributed by atoms with E-state index in [9.17, 15) is 5.11 Å². The van der Waals surface area contributed by atoms with E-state index in [-0.39, 0.29) is 6.04 Å². The molecule has 1 aromatic heterocycles. The molecule has 16 heavy (non-hydrogen) atoms. The fourth-order valence-corrected chi connectivity index (χ4v) is 2.92. The Bertz CT molecular complexity index is 397. The van der Waals surface area contributed by atoms with E-state index < -0.39 is 6.23 Å². The maximum absolute atomic E-state index is 10.1. The molecule has 0 fully saturated rings. The number of rotatable bonds is 1. The van der Waals surface area contributed by atoms with Gasteiger partial charge in [0, 0.05) is 13.2 Å². The number of hydrogen-bond donors (Lipinski definition) is 2. The molecule has 2 atom stereocenters. The van der Waals surface area contributed by atoms with Crippen LogP contribution < -0.4 is 10.2 Å². The Morgan fingerprint density at radius 2 is 2.19 bits per heavy atom. The minimum Gasteiger partial charge on any atom is -0.372 e. The first-order valence-corrected chi connectivity index (χ1v) is 6.12. The fraction of sp³-hybridized carbons (Fsp3) is 0.545. The molecule has 1 aliphatic heterocycles. The van der Waals surface area contributed by atoms with Crippen molar-refractivity contribution in [1.82, 2.24) is 4.98 Å². The lowest BCUT2D eigenvalue weighted by Crippen LogP contribution is -2.52. The maximum Gasteiger partial charge on any atom is 0.145 e. The van der Waals surface area contributed by atoms with Gasteiger partial charge in [0.2, 0.25) is 0 Å². The molecule has 4 nitrogen and oxygen atoms in total. The van der Waals surface area contributed by atoms with Crippen LogP contribution in [0.4, 0.5) is 11.4 Å². The lowest BCUT2D eigenvalue weighted by atomic mass is 9.98. The number of aliphatic hydroxyl groups excluding tert-OH is 1. The van der Waals surface area contributed by atoms with Crippen molar-refractivity contribution in [3.63, 3.8) is 0 Å². The van der Waals surface area contributed by atoms with Crippen LogP contribution in [-0.4, -0.2) is 29.4 Å². The lowest BCUT2D eigenvalue weighted by Gasteiger charge is -2.42. The summed E-state index contributed by atoms with van der Waals surface area (Å²) in [5.74, 6) is 0.362. The lowest BCUT2D eigenvalue weighted by molar-refractivity contribution is 0.143. The van der Waals surface area contributed by atoms with Gasteiger partial charge in [0.15, 0.2) is 0 Å². The third-order valence-electron chi connectivity index (χ3n) is 2.98. The summed E-state index contributed by atoms with van der Waals surface area (Å²) in [6, 6.07) is 0.0613. The van der Waals surface area contributed by atoms with Gasteiger partial charge in [-0.25, -0.2) is 0 Å². The van der Waals surface area contributed by atoms with Crippen LogP contribution in [0.25, 0.3) is 0 Å². The molecular weight excluding hydrogens is 270 g/mol. The van der Waals surface area contributed by atoms with E-state index in [1.165, 1.54) is 0 Å². The van der Waals surface area contributed by atoms with Crippen LogP contribution in [0.2, 0.25) is 0 Å². The topological polar surface area (TPSA) is 48.4 Å². The molecule has 0 radical (unpaired) electrons. The summed E-state index contributed by atoms with van der Waals surface area (Å²) >= 11 is 3.49. The SMILES string of the molecule is CC(C)[C@@H]1C(O)Nc2cncc(Br)c2N1C. The zero-order valence-corrected chi connectivity index (χ0v) is 11.2. The van der Waals surface area contributed by atoms with E-state index >= 15 is 0 Å². The quantitative estimate of drug-likeness (QED) is 0.829. The van der Waals surface area contributed by atoms with Gasteiger partial charge in [0.1, 0.15) is 6.23 Å². The number of hydrogen-bond acceptors (Lipinski definition) is 4. The highest BCUT2D eigenvalue weighted by Gasteiger charge is 2.33. The van der Waals surface area contributed by atoms with E-state index in [4.69, 9.17) is 0 Å². The molecule has 0 amide bonds. The number of aromatic nitrogens is 1. The van der Waals surface area contributed by atoms with Crippen molar-refractivity contribution in [2.75, 3.05) is 17.3 Å². The Balaban J connectivity index is 2.46. The van der Waals surface area contributed by atoms with Crippen LogP contribution in [-0.2, 0) is 0 Å². The number of nitrogens with one attached hydrogen (secondary N) is 1. The van der Waals surface area contributed by atoms with Crippen molar-refractivity contribution < 1.29 is 5.11 Å². The van der Waals surface area contributed by atoms with Gasteiger partial charge in [0.25, 0.3) is 0 Å². The summed E-state index contributed by atoms with van der Waals surface area (Å²) in [5, 5.41) is 13.1. The molecule has 0 saturated heterocycles. The van der Waals surface area contributed by atoms with Crippen molar-refractivity contribution in [1.29, 1.82) is 0 Å². The van der Waals surface area contributed by atoms with Crippen LogP contribution in [0, 0.1) is 5.92 Å². The average molecular weight is 286 g/mol. The summed E-state index contributed by atoms with van der Waals surface area (Å²) in [4.78, 5) is 6.19. The molecular formula is C11H16BrN3O. The molecule has 2 N–H and O–H groups in total. The van der Waals surface area contributed by atoms with E-state index in [2.05, 4.69) is 45.0 Å². The summed E-state index contributed by atoms with van der Waals surface area (Å²) in [6.07, 6.45) is 2.94. The molecule has 5 heteroatoms. The van der Waals surface area contributed by atoms with Crippen molar-refractivity contribution in [3.05, 3.63) is 16.9 Å². The standard InChI is InChI=1S/C11H16BrN3O/c1-6(2)9-11(16)14-8-5-13-4-7(12)10(8)15(9)3/h4-6,9,11,14,16H,1-3H3/t9-,11?/m1/s1. The third-order valence-corrected chi connectivity index (χ3v) is 3.56. The largest absolute Gasteiger partial charge is 0.372 e. The molecule has 0 aliphatic carbocycles. The van der Waals surface area contributed by atoms with Gasteiger partial charge in [0.05, 0.1) is 28.1 Å². The van der Waals surface area contributed by atoms with Gasteiger partial charge in [-0.05, 0) is 21.8 Å². The van der Waals surface area contributed by atoms with Crippen LogP contribution >= 0.6 is 15.9 Å². The zero-order chi connectivity index (χ0) is 11.9. The molecule has 1 aromatic rings. The number of halogens is 1. The summed E-state index contributed by atoms with van der Waals surface area (Å²) in [6.45, 7) is 4.21. The molecule has 88 valence electrons. The highest BCUT2D eigenvalue weighted by atomic mass is 79.9. The first kappa shape index (κ1) is 11.7. The molecule has 0 aromatic carbocycles. The molecule has 0 bridgehead atoms. The normalized spacial score (nSPS) is 24.2. The Labute approximate surface area is 104 Å². The van der Waals surface area contributed by atoms with E-state index in [1.807, 2.05) is 7.05 Å². The summed E-state index contributed by atoms with van der Waals surface area (Å²) in [7, 11) is 2.00. The number of fused-ring (bicyclic) bond motifs is 1. The highest BCUT2D eigenvalue weighted by molar-refractivity contribution is 9.10. The number of aliphatic hydroxyl groups is 1. The predicted octanol–water partition coefficient (Wildman–Crippen LogP) is 2.05. The molecule has 0 spiro atoms. The van der Waals surface area contributed by atoms with Crippen molar-refractivity contribution in [2.24, 2.45) is 5.92 Å². The van der Waals surface area contributed by atoms with Crippen molar-refractivity contribution in [3.8, 4) is 0 Å². The van der Waals surface area contributed by atoms with Gasteiger partial charge in [-0.3, -0.25) is 4.98 Å². The molecule has 2 heterocycles. The van der Waals surface area contributed by atoms with E-state index in [0.29, 0.717) is 5.92 Å². The monoisotopic (exact) mass is 285 g/mol. The van der Waals surface area contributed by atoms with Gasteiger partial charge in [-0.1, -0.05) is 13.8 Å². The number of pyridine rings is 1. The second-order valence-electron chi connectivity index (χ2n) is 4.45. The second-order valence-corrected chi connectivity index (χ2v) is 5.31. The Kier molecular flexibility index (Phi) is 3.08. The predicted molar refractivity (Wildman–Crippen MR) is 68.6 cm³/mol. The Hall–Kier alpha value is -0.810. The first-order valence-electron chi connectivity index (χ1n) is 5.33. The molecule has 0 saturated carbocycles. The average Bonchev–Trinajstić information content (AvgIpc) is 2.15. The first-order chi connectivity index (χ1) is 7.52. The van der Waals surface area contributed by atoms with E-state index in [1.54, 1.807) is 12.4 Å². The molecule has 1 aliphatic rings. The Morgan fingerprint density at radius 1 is 1.50 bits per heavy atom. The van der Waals surface area contributed by atoms with Gasteiger partial charge < -0.3 is 15.3 Å². The maximum atomic E-state index is 10.1. The smallest absolute Gasteiger partial charge is 0.145 e. The van der Waals surface area contributed by atoms with Gasteiger partial charge in [-0.2, -0.15) is 0 Å². The van der Waals surface area contributed by atoms with Crippen molar-refractivity contribution >= 4 is 27.3 Å². The number of nitrogens with zero attached hydrogens (tertiary/aromatic N) is 2. The van der Waals surface area contributed by atoms with Crippen LogP contribution in [0.1, 0.15) is 13.8 Å². The van der Waals surface area contributed by atoms with Gasteiger partial charge in [-0.15, -0.1) is 0 Å². The Morgan fingerprint density at radius 3 is 2.81 bits per heavy atom. The third kappa shape index (κ3) is 1.78. The van der Waals surface area contributed by atoms with Crippen LogP contribution in [0.5, 0.6) is 0 Å². The number of likely N-dealkylation sites (N-methyl/N-ethyl adjacent to an activating group) is 1. The van der Waals surface area contributed by atoms with E-state index in [0.717, 1.165) is 15.8 Å². The summed E-state index contributed by atoms with van der Waals surface area (Å²) < 4.78 is 0.942. The minimum atomic E-state index is -0.561. The molecule has 2 rings (SSSR count). The number of anilines is 2. The van der Waals surface area contributed by atoms with Gasteiger partial charge >= 0.3 is 0 Å².